The maximum Gasteiger partial charge on any atom is 0.263 e. The number of hydrogen-bond acceptors (Lipinski definition) is 4. The van der Waals surface area contributed by atoms with Gasteiger partial charge < -0.3 is 10.1 Å². The maximum absolute atomic E-state index is 12.5. The van der Waals surface area contributed by atoms with E-state index in [1.54, 1.807) is 12.1 Å². The average Bonchev–Trinajstić information content (AvgIpc) is 2.59. The monoisotopic (exact) mass is 394 g/mol. The molecule has 0 saturated carbocycles. The van der Waals surface area contributed by atoms with E-state index in [2.05, 4.69) is 5.32 Å². The number of hydrogen-bond donors (Lipinski definition) is 1. The normalized spacial score (nSPS) is 16.6. The Labute approximate surface area is 157 Å². The molecule has 2 aromatic carbocycles. The first-order chi connectivity index (χ1) is 12.2. The molecule has 0 spiro atoms. The summed E-state index contributed by atoms with van der Waals surface area (Å²) in [5.41, 5.74) is 2.42. The summed E-state index contributed by atoms with van der Waals surface area (Å²) in [7, 11) is -3.58. The zero-order valence-electron chi connectivity index (χ0n) is 14.4. The van der Waals surface area contributed by atoms with Crippen LogP contribution in [0.5, 0.6) is 5.75 Å². The SMILES string of the molecule is Cc1ccc(CNC(=O)[C@H]2CN(S(C)(=O)=O)c3cc(Cl)ccc3O2)cc1. The van der Waals surface area contributed by atoms with Crippen LogP contribution in [0.15, 0.2) is 42.5 Å². The average molecular weight is 395 g/mol. The van der Waals surface area contributed by atoms with Gasteiger partial charge >= 0.3 is 0 Å². The van der Waals surface area contributed by atoms with E-state index in [9.17, 15) is 13.2 Å². The first-order valence-corrected chi connectivity index (χ1v) is 10.2. The van der Waals surface area contributed by atoms with E-state index in [0.29, 0.717) is 23.0 Å². The number of sulfonamides is 1. The van der Waals surface area contributed by atoms with Gasteiger partial charge in [-0.2, -0.15) is 0 Å². The smallest absolute Gasteiger partial charge is 0.263 e. The number of halogens is 1. The van der Waals surface area contributed by atoms with Gasteiger partial charge in [-0.1, -0.05) is 41.4 Å². The van der Waals surface area contributed by atoms with Crippen molar-refractivity contribution in [2.45, 2.75) is 19.6 Å². The molecule has 6 nitrogen and oxygen atoms in total. The lowest BCUT2D eigenvalue weighted by Crippen LogP contribution is -2.50. The van der Waals surface area contributed by atoms with Crippen molar-refractivity contribution < 1.29 is 17.9 Å². The van der Waals surface area contributed by atoms with Crippen LogP contribution < -0.4 is 14.4 Å². The zero-order chi connectivity index (χ0) is 18.9. The topological polar surface area (TPSA) is 75.7 Å². The van der Waals surface area contributed by atoms with Crippen LogP contribution in [0, 0.1) is 6.92 Å². The lowest BCUT2D eigenvalue weighted by atomic mass is 10.1. The van der Waals surface area contributed by atoms with Crippen molar-refractivity contribution in [3.8, 4) is 5.75 Å². The molecular weight excluding hydrogens is 376 g/mol. The van der Waals surface area contributed by atoms with E-state index >= 15 is 0 Å². The van der Waals surface area contributed by atoms with Crippen LogP contribution in [0.3, 0.4) is 0 Å². The number of fused-ring (bicyclic) bond motifs is 1. The molecule has 26 heavy (non-hydrogen) atoms. The quantitative estimate of drug-likeness (QED) is 0.864. The highest BCUT2D eigenvalue weighted by molar-refractivity contribution is 7.92. The maximum atomic E-state index is 12.5. The predicted octanol–water partition coefficient (Wildman–Crippen LogP) is 2.49. The number of carbonyl (C=O) groups is 1. The molecule has 1 aliphatic heterocycles. The van der Waals surface area contributed by atoms with Crippen LogP contribution in [0.4, 0.5) is 5.69 Å². The minimum Gasteiger partial charge on any atom is -0.476 e. The largest absolute Gasteiger partial charge is 0.476 e. The molecule has 8 heteroatoms. The van der Waals surface area contributed by atoms with Gasteiger partial charge in [-0.15, -0.1) is 0 Å². The Bertz CT molecular complexity index is 929. The Morgan fingerprint density at radius 3 is 2.62 bits per heavy atom. The molecule has 1 N–H and O–H groups in total. The molecule has 1 atom stereocenters. The second-order valence-corrected chi connectivity index (χ2v) is 8.56. The van der Waals surface area contributed by atoms with Gasteiger partial charge in [-0.3, -0.25) is 9.10 Å². The highest BCUT2D eigenvalue weighted by Gasteiger charge is 2.35. The van der Waals surface area contributed by atoms with Gasteiger partial charge in [-0.05, 0) is 30.7 Å². The first kappa shape index (κ1) is 18.5. The molecule has 0 aromatic heterocycles. The molecule has 1 amide bonds. The van der Waals surface area contributed by atoms with Crippen molar-refractivity contribution in [3.63, 3.8) is 0 Å². The van der Waals surface area contributed by atoms with Crippen molar-refractivity contribution in [2.24, 2.45) is 0 Å². The Hall–Kier alpha value is -2.25. The summed E-state index contributed by atoms with van der Waals surface area (Å²) in [6, 6.07) is 12.4. The third-order valence-corrected chi connectivity index (χ3v) is 5.45. The van der Waals surface area contributed by atoms with Gasteiger partial charge in [0.05, 0.1) is 18.5 Å². The number of amides is 1. The molecule has 2 aromatic rings. The molecule has 0 bridgehead atoms. The fourth-order valence-corrected chi connectivity index (χ4v) is 3.76. The van der Waals surface area contributed by atoms with E-state index in [1.165, 1.54) is 6.07 Å². The number of nitrogens with zero attached hydrogens (tertiary/aromatic N) is 1. The summed E-state index contributed by atoms with van der Waals surface area (Å²) < 4.78 is 31.1. The van der Waals surface area contributed by atoms with E-state index in [1.807, 2.05) is 31.2 Å². The van der Waals surface area contributed by atoms with Gasteiger partial charge in [-0.25, -0.2) is 8.42 Å². The Morgan fingerprint density at radius 2 is 1.96 bits per heavy atom. The third-order valence-electron chi connectivity index (χ3n) is 4.07. The van der Waals surface area contributed by atoms with Gasteiger partial charge in [0.1, 0.15) is 5.75 Å². The summed E-state index contributed by atoms with van der Waals surface area (Å²) in [5, 5.41) is 3.18. The Balaban J connectivity index is 1.77. The zero-order valence-corrected chi connectivity index (χ0v) is 16.0. The molecule has 138 valence electrons. The summed E-state index contributed by atoms with van der Waals surface area (Å²) in [5.74, 6) is -0.0682. The molecule has 3 rings (SSSR count). The van der Waals surface area contributed by atoms with Crippen LogP contribution in [0.1, 0.15) is 11.1 Å². The first-order valence-electron chi connectivity index (χ1n) is 8.01. The number of anilines is 1. The fourth-order valence-electron chi connectivity index (χ4n) is 2.68. The highest BCUT2D eigenvalue weighted by Crippen LogP contribution is 2.37. The fraction of sp³-hybridized carbons (Fsp3) is 0.278. The van der Waals surface area contributed by atoms with Crippen LogP contribution in [0.25, 0.3) is 0 Å². The van der Waals surface area contributed by atoms with Crippen LogP contribution in [-0.2, 0) is 21.4 Å². The standard InChI is InChI=1S/C18H19ClN2O4S/c1-12-3-5-13(6-4-12)10-20-18(22)17-11-21(26(2,23)24)15-9-14(19)7-8-16(15)25-17/h3-9,17H,10-11H2,1-2H3,(H,20,22)/t17-/m1/s1. The van der Waals surface area contributed by atoms with Crippen LogP contribution in [-0.4, -0.2) is 33.2 Å². The predicted molar refractivity (Wildman–Crippen MR) is 101 cm³/mol. The van der Waals surface area contributed by atoms with Gasteiger partial charge in [0.25, 0.3) is 5.91 Å². The Kier molecular flexibility index (Phi) is 5.11. The van der Waals surface area contributed by atoms with E-state index in [4.69, 9.17) is 16.3 Å². The van der Waals surface area contributed by atoms with E-state index in [-0.39, 0.29) is 12.5 Å². The molecular formula is C18H19ClN2O4S. The van der Waals surface area contributed by atoms with Gasteiger partial charge in [0.2, 0.25) is 10.0 Å². The van der Waals surface area contributed by atoms with Crippen molar-refractivity contribution >= 4 is 33.2 Å². The van der Waals surface area contributed by atoms with Crippen molar-refractivity contribution in [1.29, 1.82) is 0 Å². The van der Waals surface area contributed by atoms with E-state index in [0.717, 1.165) is 21.7 Å². The van der Waals surface area contributed by atoms with Crippen LogP contribution >= 0.6 is 11.6 Å². The van der Waals surface area contributed by atoms with Gasteiger partial charge in [0.15, 0.2) is 6.10 Å². The lowest BCUT2D eigenvalue weighted by Gasteiger charge is -2.34. The molecule has 1 heterocycles. The summed E-state index contributed by atoms with van der Waals surface area (Å²) in [6.45, 7) is 2.22. The molecule has 0 unspecified atom stereocenters. The summed E-state index contributed by atoms with van der Waals surface area (Å²) in [4.78, 5) is 12.5. The van der Waals surface area contributed by atoms with Crippen molar-refractivity contribution in [3.05, 3.63) is 58.6 Å². The molecule has 0 saturated heterocycles. The molecule has 0 aliphatic carbocycles. The summed E-state index contributed by atoms with van der Waals surface area (Å²) in [6.07, 6.45) is 0.147. The lowest BCUT2D eigenvalue weighted by molar-refractivity contribution is -0.127. The van der Waals surface area contributed by atoms with E-state index < -0.39 is 16.1 Å². The second-order valence-electron chi connectivity index (χ2n) is 6.22. The third kappa shape index (κ3) is 4.11. The molecule has 0 fully saturated rings. The summed E-state index contributed by atoms with van der Waals surface area (Å²) >= 11 is 5.96. The minimum absolute atomic E-state index is 0.105. The number of carbonyl (C=O) groups excluding carboxylic acids is 1. The van der Waals surface area contributed by atoms with Crippen molar-refractivity contribution in [2.75, 3.05) is 17.1 Å². The van der Waals surface area contributed by atoms with Crippen LogP contribution in [0.2, 0.25) is 5.02 Å². The molecule has 0 radical (unpaired) electrons. The Morgan fingerprint density at radius 1 is 1.27 bits per heavy atom. The number of ether oxygens (including phenoxy) is 1. The number of rotatable bonds is 4. The number of benzene rings is 2. The highest BCUT2D eigenvalue weighted by atomic mass is 35.5. The van der Waals surface area contributed by atoms with Crippen molar-refractivity contribution in [1.82, 2.24) is 5.32 Å². The second kappa shape index (κ2) is 7.17. The number of aryl methyl sites for hydroxylation is 1. The minimum atomic E-state index is -3.58. The number of nitrogens with one attached hydrogen (secondary N) is 1. The molecule has 1 aliphatic rings. The van der Waals surface area contributed by atoms with Gasteiger partial charge in [0, 0.05) is 11.6 Å².